The van der Waals surface area contributed by atoms with Crippen molar-refractivity contribution in [3.05, 3.63) is 17.5 Å². The standard InChI is InChI=1S/C18H27N3O3/c1-16(2,3)10(22)13-19-14(11(23)17(4,5)6)21-15(20-13)12(24)18(7,8)9/h1-9H3. The lowest BCUT2D eigenvalue weighted by molar-refractivity contribution is 0.0825. The van der Waals surface area contributed by atoms with E-state index in [0.717, 1.165) is 0 Å². The smallest absolute Gasteiger partial charge is 0.205 e. The van der Waals surface area contributed by atoms with Crippen LogP contribution in [0.2, 0.25) is 0 Å². The Kier molecular flexibility index (Phi) is 5.14. The molecule has 0 fully saturated rings. The van der Waals surface area contributed by atoms with Crippen LogP contribution in [0.1, 0.15) is 94.2 Å². The van der Waals surface area contributed by atoms with Crippen LogP contribution in [0, 0.1) is 16.2 Å². The fourth-order valence-electron chi connectivity index (χ4n) is 1.69. The van der Waals surface area contributed by atoms with Crippen molar-refractivity contribution in [3.8, 4) is 0 Å². The molecule has 0 radical (unpaired) electrons. The third-order valence-electron chi connectivity index (χ3n) is 3.29. The average Bonchev–Trinajstić information content (AvgIpc) is 2.41. The third-order valence-corrected chi connectivity index (χ3v) is 3.29. The molecule has 0 aromatic carbocycles. The molecule has 0 amide bonds. The van der Waals surface area contributed by atoms with Crippen LogP contribution in [-0.2, 0) is 0 Å². The maximum absolute atomic E-state index is 12.5. The van der Waals surface area contributed by atoms with Crippen LogP contribution < -0.4 is 0 Å². The van der Waals surface area contributed by atoms with Crippen LogP contribution in [0.4, 0.5) is 0 Å². The molecule has 1 heterocycles. The van der Waals surface area contributed by atoms with E-state index < -0.39 is 16.2 Å². The van der Waals surface area contributed by atoms with Crippen molar-refractivity contribution in [1.29, 1.82) is 0 Å². The van der Waals surface area contributed by atoms with Gasteiger partial charge < -0.3 is 0 Å². The van der Waals surface area contributed by atoms with E-state index in [1.54, 1.807) is 62.3 Å². The van der Waals surface area contributed by atoms with Gasteiger partial charge in [-0.1, -0.05) is 62.3 Å². The molecule has 0 N–H and O–H groups in total. The molecule has 0 spiro atoms. The van der Waals surface area contributed by atoms with Crippen LogP contribution >= 0.6 is 0 Å². The highest BCUT2D eigenvalue weighted by Gasteiger charge is 2.33. The highest BCUT2D eigenvalue weighted by atomic mass is 16.1. The predicted molar refractivity (Wildman–Crippen MR) is 91.2 cm³/mol. The zero-order valence-electron chi connectivity index (χ0n) is 16.1. The minimum absolute atomic E-state index is 0.141. The number of rotatable bonds is 3. The maximum Gasteiger partial charge on any atom is 0.205 e. The second-order valence-electron chi connectivity index (χ2n) is 9.04. The monoisotopic (exact) mass is 333 g/mol. The Morgan fingerprint density at radius 2 is 0.667 bits per heavy atom. The van der Waals surface area contributed by atoms with E-state index in [1.165, 1.54) is 0 Å². The molecule has 0 aliphatic carbocycles. The van der Waals surface area contributed by atoms with Crippen molar-refractivity contribution in [1.82, 2.24) is 15.0 Å². The molecule has 6 nitrogen and oxygen atoms in total. The Bertz CT molecular complexity index is 579. The zero-order valence-corrected chi connectivity index (χ0v) is 16.1. The molecule has 0 unspecified atom stereocenters. The van der Waals surface area contributed by atoms with Crippen LogP contribution in [0.3, 0.4) is 0 Å². The van der Waals surface area contributed by atoms with Gasteiger partial charge in [-0.3, -0.25) is 14.4 Å². The molecular formula is C18H27N3O3. The maximum atomic E-state index is 12.5. The molecular weight excluding hydrogens is 306 g/mol. The largest absolute Gasteiger partial charge is 0.290 e. The van der Waals surface area contributed by atoms with Crippen LogP contribution in [0.5, 0.6) is 0 Å². The van der Waals surface area contributed by atoms with Crippen molar-refractivity contribution in [3.63, 3.8) is 0 Å². The SMILES string of the molecule is CC(C)(C)C(=O)c1nc(C(=O)C(C)(C)C)nc(C(=O)C(C)(C)C)n1. The van der Waals surface area contributed by atoms with Crippen molar-refractivity contribution < 1.29 is 14.4 Å². The lowest BCUT2D eigenvalue weighted by Crippen LogP contribution is -2.31. The summed E-state index contributed by atoms with van der Waals surface area (Å²) in [7, 11) is 0. The van der Waals surface area contributed by atoms with Gasteiger partial charge in [0.25, 0.3) is 0 Å². The van der Waals surface area contributed by atoms with Crippen molar-refractivity contribution in [2.24, 2.45) is 16.2 Å². The van der Waals surface area contributed by atoms with Gasteiger partial charge in [-0.2, -0.15) is 0 Å². The molecule has 1 aromatic rings. The van der Waals surface area contributed by atoms with Gasteiger partial charge in [-0.25, -0.2) is 15.0 Å². The highest BCUT2D eigenvalue weighted by Crippen LogP contribution is 2.24. The first-order valence-corrected chi connectivity index (χ1v) is 7.95. The Morgan fingerprint density at radius 3 is 0.792 bits per heavy atom. The predicted octanol–water partition coefficient (Wildman–Crippen LogP) is 3.56. The molecule has 0 saturated heterocycles. The van der Waals surface area contributed by atoms with Crippen molar-refractivity contribution >= 4 is 17.3 Å². The molecule has 132 valence electrons. The number of carbonyl (C=O) groups is 3. The molecule has 6 heteroatoms. The van der Waals surface area contributed by atoms with Crippen molar-refractivity contribution in [2.45, 2.75) is 62.3 Å². The first-order valence-electron chi connectivity index (χ1n) is 7.95. The molecule has 0 aliphatic rings. The third kappa shape index (κ3) is 4.52. The van der Waals surface area contributed by atoms with E-state index in [2.05, 4.69) is 15.0 Å². The Morgan fingerprint density at radius 1 is 0.500 bits per heavy atom. The Hall–Kier alpha value is -1.98. The van der Waals surface area contributed by atoms with E-state index in [0.29, 0.717) is 0 Å². The summed E-state index contributed by atoms with van der Waals surface area (Å²) in [6.07, 6.45) is 0. The van der Waals surface area contributed by atoms with Crippen molar-refractivity contribution in [2.75, 3.05) is 0 Å². The summed E-state index contributed by atoms with van der Waals surface area (Å²) in [6, 6.07) is 0. The zero-order chi connectivity index (χ0) is 19.1. The summed E-state index contributed by atoms with van der Waals surface area (Å²) < 4.78 is 0. The molecule has 0 bridgehead atoms. The van der Waals surface area contributed by atoms with Gasteiger partial charge in [0.05, 0.1) is 0 Å². The minimum atomic E-state index is -0.731. The normalized spacial score (nSPS) is 12.9. The number of nitrogens with zero attached hydrogens (tertiary/aromatic N) is 3. The van der Waals surface area contributed by atoms with Gasteiger partial charge in [-0.05, 0) is 0 Å². The van der Waals surface area contributed by atoms with Gasteiger partial charge in [0.1, 0.15) is 0 Å². The first kappa shape index (κ1) is 20.1. The van der Waals surface area contributed by atoms with Crippen LogP contribution in [0.15, 0.2) is 0 Å². The summed E-state index contributed by atoms with van der Waals surface area (Å²) in [4.78, 5) is 49.8. The van der Waals surface area contributed by atoms with Gasteiger partial charge in [0.15, 0.2) is 0 Å². The Balaban J connectivity index is 3.60. The second-order valence-corrected chi connectivity index (χ2v) is 9.04. The van der Waals surface area contributed by atoms with Crippen LogP contribution in [-0.4, -0.2) is 32.3 Å². The van der Waals surface area contributed by atoms with E-state index in [-0.39, 0.29) is 34.8 Å². The number of Topliss-reactive ketones (excluding diaryl/α,β-unsaturated/α-hetero) is 3. The minimum Gasteiger partial charge on any atom is -0.290 e. The fraction of sp³-hybridized carbons (Fsp3) is 0.667. The quantitative estimate of drug-likeness (QED) is 0.786. The van der Waals surface area contributed by atoms with E-state index >= 15 is 0 Å². The topological polar surface area (TPSA) is 89.9 Å². The van der Waals surface area contributed by atoms with E-state index in [9.17, 15) is 14.4 Å². The fourth-order valence-corrected chi connectivity index (χ4v) is 1.69. The molecule has 1 aromatic heterocycles. The first-order chi connectivity index (χ1) is 10.5. The van der Waals surface area contributed by atoms with E-state index in [4.69, 9.17) is 0 Å². The van der Waals surface area contributed by atoms with Crippen LogP contribution in [0.25, 0.3) is 0 Å². The number of carbonyl (C=O) groups excluding carboxylic acids is 3. The molecule has 0 atom stereocenters. The second kappa shape index (κ2) is 6.15. The number of aromatic nitrogens is 3. The molecule has 24 heavy (non-hydrogen) atoms. The number of hydrogen-bond acceptors (Lipinski definition) is 6. The summed E-state index contributed by atoms with van der Waals surface area (Å²) in [5, 5.41) is 0. The Labute approximate surface area is 143 Å². The number of hydrogen-bond donors (Lipinski definition) is 0. The summed E-state index contributed by atoms with van der Waals surface area (Å²) in [6.45, 7) is 15.6. The highest BCUT2D eigenvalue weighted by molar-refractivity contribution is 6.02. The summed E-state index contributed by atoms with van der Waals surface area (Å²) in [5.41, 5.74) is -2.19. The molecule has 0 saturated carbocycles. The van der Waals surface area contributed by atoms with E-state index in [1.807, 2.05) is 0 Å². The molecule has 1 rings (SSSR count). The van der Waals surface area contributed by atoms with Gasteiger partial charge in [0, 0.05) is 16.2 Å². The van der Waals surface area contributed by atoms with Gasteiger partial charge in [-0.15, -0.1) is 0 Å². The van der Waals surface area contributed by atoms with Gasteiger partial charge in [0.2, 0.25) is 34.8 Å². The summed E-state index contributed by atoms with van der Waals surface area (Å²) >= 11 is 0. The lowest BCUT2D eigenvalue weighted by atomic mass is 9.88. The summed E-state index contributed by atoms with van der Waals surface area (Å²) in [5.74, 6) is -1.43. The lowest BCUT2D eigenvalue weighted by Gasteiger charge is -2.20. The van der Waals surface area contributed by atoms with Gasteiger partial charge >= 0.3 is 0 Å². The number of ketones is 3. The molecule has 0 aliphatic heterocycles. The average molecular weight is 333 g/mol.